The van der Waals surface area contributed by atoms with Gasteiger partial charge in [-0.1, -0.05) is 13.8 Å². The van der Waals surface area contributed by atoms with Crippen LogP contribution >= 0.6 is 0 Å². The van der Waals surface area contributed by atoms with Gasteiger partial charge in [0.1, 0.15) is 0 Å². The number of terminal acetylenes is 1. The van der Waals surface area contributed by atoms with E-state index in [1.54, 1.807) is 0 Å². The van der Waals surface area contributed by atoms with Crippen LogP contribution in [0.15, 0.2) is 0 Å². The molecule has 1 rings (SSSR count). The van der Waals surface area contributed by atoms with Crippen LogP contribution in [-0.4, -0.2) is 24.5 Å². The fourth-order valence-electron chi connectivity index (χ4n) is 1.95. The third-order valence-electron chi connectivity index (χ3n) is 2.81. The lowest BCUT2D eigenvalue weighted by atomic mass is 9.68. The van der Waals surface area contributed by atoms with E-state index in [0.717, 1.165) is 19.0 Å². The summed E-state index contributed by atoms with van der Waals surface area (Å²) in [6.45, 7) is 5.72. The van der Waals surface area contributed by atoms with Crippen molar-refractivity contribution >= 4 is 0 Å². The molecule has 0 spiro atoms. The van der Waals surface area contributed by atoms with Gasteiger partial charge in [-0.05, 0) is 25.3 Å². The summed E-state index contributed by atoms with van der Waals surface area (Å²) in [7, 11) is 2.18. The molecule has 1 nitrogen and oxygen atoms in total. The second-order valence-electron chi connectivity index (χ2n) is 4.66. The van der Waals surface area contributed by atoms with Crippen molar-refractivity contribution in [1.82, 2.24) is 4.90 Å². The lowest BCUT2D eigenvalue weighted by Crippen LogP contribution is -2.47. The maximum Gasteiger partial charge on any atom is 0.0214 e. The molecule has 0 aromatic heterocycles. The molecule has 0 saturated heterocycles. The van der Waals surface area contributed by atoms with Crippen LogP contribution in [-0.2, 0) is 0 Å². The maximum absolute atomic E-state index is 5.21. The Kier molecular flexibility index (Phi) is 2.80. The first kappa shape index (κ1) is 9.61. The Morgan fingerprint density at radius 1 is 1.50 bits per heavy atom. The lowest BCUT2D eigenvalue weighted by molar-refractivity contribution is 0.0432. The number of rotatable bonds is 3. The summed E-state index contributed by atoms with van der Waals surface area (Å²) in [6.07, 6.45) is 8.75. The van der Waals surface area contributed by atoms with Gasteiger partial charge in [0.2, 0.25) is 0 Å². The van der Waals surface area contributed by atoms with Crippen LogP contribution in [0.1, 0.15) is 33.1 Å². The smallest absolute Gasteiger partial charge is 0.0214 e. The normalized spacial score (nSPS) is 21.9. The quantitative estimate of drug-likeness (QED) is 0.579. The van der Waals surface area contributed by atoms with Crippen LogP contribution in [0.2, 0.25) is 0 Å². The van der Waals surface area contributed by atoms with E-state index in [1.165, 1.54) is 12.8 Å². The van der Waals surface area contributed by atoms with Crippen LogP contribution in [0.25, 0.3) is 0 Å². The summed E-state index contributed by atoms with van der Waals surface area (Å²) in [5, 5.41) is 0. The van der Waals surface area contributed by atoms with Gasteiger partial charge in [-0.3, -0.25) is 0 Å². The second kappa shape index (κ2) is 3.49. The highest BCUT2D eigenvalue weighted by molar-refractivity contribution is 4.93. The van der Waals surface area contributed by atoms with Crippen molar-refractivity contribution in [1.29, 1.82) is 0 Å². The Bertz CT molecular complexity index is 180. The first-order valence-electron chi connectivity index (χ1n) is 4.69. The van der Waals surface area contributed by atoms with E-state index in [2.05, 4.69) is 31.7 Å². The molecule has 1 fully saturated rings. The fourth-order valence-corrected chi connectivity index (χ4v) is 1.95. The molecule has 0 atom stereocenters. The van der Waals surface area contributed by atoms with Gasteiger partial charge >= 0.3 is 0 Å². The Balaban J connectivity index is 2.20. The van der Waals surface area contributed by atoms with Crippen LogP contribution in [0.5, 0.6) is 0 Å². The zero-order chi connectivity index (χ0) is 9.19. The first-order valence-corrected chi connectivity index (χ1v) is 4.69. The monoisotopic (exact) mass is 165 g/mol. The second-order valence-corrected chi connectivity index (χ2v) is 4.66. The number of nitrogens with zero attached hydrogens (tertiary/aromatic N) is 1. The minimum atomic E-state index is 0.578. The van der Waals surface area contributed by atoms with E-state index >= 15 is 0 Å². The molecule has 0 aliphatic heterocycles. The summed E-state index contributed by atoms with van der Waals surface area (Å²) >= 11 is 0. The Morgan fingerprint density at radius 2 is 2.08 bits per heavy atom. The SMILES string of the molecule is C#CCCN(C)C1CC(C)(C)C1. The largest absolute Gasteiger partial charge is 0.302 e. The van der Waals surface area contributed by atoms with Gasteiger partial charge in [-0.15, -0.1) is 12.3 Å². The molecule has 0 unspecified atom stereocenters. The molecular weight excluding hydrogens is 146 g/mol. The molecule has 1 aliphatic carbocycles. The van der Waals surface area contributed by atoms with Crippen LogP contribution in [0, 0.1) is 17.8 Å². The third-order valence-corrected chi connectivity index (χ3v) is 2.81. The topological polar surface area (TPSA) is 3.24 Å². The highest BCUT2D eigenvalue weighted by Gasteiger charge is 2.37. The zero-order valence-corrected chi connectivity index (χ0v) is 8.43. The summed E-state index contributed by atoms with van der Waals surface area (Å²) in [5.74, 6) is 2.68. The first-order chi connectivity index (χ1) is 5.55. The third kappa shape index (κ3) is 2.25. The summed E-state index contributed by atoms with van der Waals surface area (Å²) in [5.41, 5.74) is 0.578. The molecule has 12 heavy (non-hydrogen) atoms. The summed E-state index contributed by atoms with van der Waals surface area (Å²) in [4.78, 5) is 2.39. The van der Waals surface area contributed by atoms with Gasteiger partial charge in [0, 0.05) is 19.0 Å². The predicted molar refractivity (Wildman–Crippen MR) is 52.9 cm³/mol. The molecule has 0 amide bonds. The predicted octanol–water partition coefficient (Wildman–Crippen LogP) is 2.13. The molecule has 0 radical (unpaired) electrons. The molecule has 0 N–H and O–H groups in total. The van der Waals surface area contributed by atoms with E-state index < -0.39 is 0 Å². The van der Waals surface area contributed by atoms with Gasteiger partial charge in [0.25, 0.3) is 0 Å². The van der Waals surface area contributed by atoms with Crippen molar-refractivity contribution in [2.45, 2.75) is 39.2 Å². The van der Waals surface area contributed by atoms with E-state index in [1.807, 2.05) is 0 Å². The van der Waals surface area contributed by atoms with Gasteiger partial charge in [0.15, 0.2) is 0 Å². The van der Waals surface area contributed by atoms with E-state index in [0.29, 0.717) is 5.41 Å². The number of hydrogen-bond donors (Lipinski definition) is 0. The average Bonchev–Trinajstić information content (AvgIpc) is 1.95. The minimum absolute atomic E-state index is 0.578. The van der Waals surface area contributed by atoms with Crippen molar-refractivity contribution in [3.05, 3.63) is 0 Å². The van der Waals surface area contributed by atoms with Gasteiger partial charge in [0.05, 0.1) is 0 Å². The Labute approximate surface area is 76.1 Å². The zero-order valence-electron chi connectivity index (χ0n) is 8.43. The molecule has 1 aliphatic rings. The molecule has 1 heteroatoms. The highest BCUT2D eigenvalue weighted by Crippen LogP contribution is 2.42. The lowest BCUT2D eigenvalue weighted by Gasteiger charge is -2.47. The van der Waals surface area contributed by atoms with Crippen molar-refractivity contribution in [2.75, 3.05) is 13.6 Å². The van der Waals surface area contributed by atoms with E-state index in [-0.39, 0.29) is 0 Å². The molecule has 68 valence electrons. The van der Waals surface area contributed by atoms with Crippen molar-refractivity contribution < 1.29 is 0 Å². The molecule has 0 aromatic rings. The standard InChI is InChI=1S/C11H19N/c1-5-6-7-12(4)10-8-11(2,3)9-10/h1,10H,6-9H2,2-4H3. The van der Waals surface area contributed by atoms with Gasteiger partial charge < -0.3 is 4.90 Å². The van der Waals surface area contributed by atoms with Crippen LogP contribution in [0.3, 0.4) is 0 Å². The number of hydrogen-bond acceptors (Lipinski definition) is 1. The minimum Gasteiger partial charge on any atom is -0.302 e. The molecule has 0 aromatic carbocycles. The summed E-state index contributed by atoms with van der Waals surface area (Å²) in [6, 6.07) is 0.786. The molecule has 0 bridgehead atoms. The van der Waals surface area contributed by atoms with E-state index in [4.69, 9.17) is 6.42 Å². The van der Waals surface area contributed by atoms with Crippen molar-refractivity contribution in [2.24, 2.45) is 5.41 Å². The Hall–Kier alpha value is -0.480. The summed E-state index contributed by atoms with van der Waals surface area (Å²) < 4.78 is 0. The molecule has 0 heterocycles. The maximum atomic E-state index is 5.21. The molecule has 1 saturated carbocycles. The average molecular weight is 165 g/mol. The van der Waals surface area contributed by atoms with Crippen molar-refractivity contribution in [3.63, 3.8) is 0 Å². The van der Waals surface area contributed by atoms with E-state index in [9.17, 15) is 0 Å². The molecular formula is C11H19N. The van der Waals surface area contributed by atoms with Crippen molar-refractivity contribution in [3.8, 4) is 12.3 Å². The Morgan fingerprint density at radius 3 is 2.50 bits per heavy atom. The van der Waals surface area contributed by atoms with Crippen LogP contribution in [0.4, 0.5) is 0 Å². The highest BCUT2D eigenvalue weighted by atomic mass is 15.1. The fraction of sp³-hybridized carbons (Fsp3) is 0.818. The van der Waals surface area contributed by atoms with Gasteiger partial charge in [-0.25, -0.2) is 0 Å². The van der Waals surface area contributed by atoms with Gasteiger partial charge in [-0.2, -0.15) is 0 Å². The van der Waals surface area contributed by atoms with Crippen LogP contribution < -0.4 is 0 Å².